The molecule has 1 atom stereocenters. The molecule has 2 aromatic carbocycles. The fraction of sp³-hybridized carbons (Fsp3) is 0.360. The lowest BCUT2D eigenvalue weighted by Crippen LogP contribution is -2.49. The smallest absolute Gasteiger partial charge is 0.223 e. The molecule has 168 valence electrons. The molecule has 0 saturated carbocycles. The lowest BCUT2D eigenvalue weighted by Gasteiger charge is -2.34. The Labute approximate surface area is 194 Å². The molecule has 1 aromatic heterocycles. The predicted octanol–water partition coefficient (Wildman–Crippen LogP) is 4.26. The first kappa shape index (κ1) is 22.5. The number of aryl methyl sites for hydroxylation is 1. The van der Waals surface area contributed by atoms with Crippen LogP contribution in [0.3, 0.4) is 0 Å². The zero-order valence-electron chi connectivity index (χ0n) is 18.6. The van der Waals surface area contributed by atoms with Gasteiger partial charge in [-0.15, -0.1) is 0 Å². The Balaban J connectivity index is 1.44. The highest BCUT2D eigenvalue weighted by Crippen LogP contribution is 2.25. The summed E-state index contributed by atoms with van der Waals surface area (Å²) in [6, 6.07) is 14.4. The van der Waals surface area contributed by atoms with Crippen molar-refractivity contribution in [3.05, 3.63) is 70.4 Å². The van der Waals surface area contributed by atoms with E-state index in [9.17, 15) is 5.11 Å². The fourth-order valence-corrected chi connectivity index (χ4v) is 4.22. The minimum atomic E-state index is 0.100. The van der Waals surface area contributed by atoms with Crippen LogP contribution in [-0.2, 0) is 13.0 Å². The van der Waals surface area contributed by atoms with Crippen molar-refractivity contribution in [1.82, 2.24) is 20.2 Å². The molecule has 1 aliphatic rings. The number of phenols is 1. The Morgan fingerprint density at radius 2 is 2.03 bits per heavy atom. The zero-order valence-corrected chi connectivity index (χ0v) is 19.4. The Kier molecular flexibility index (Phi) is 7.25. The molecule has 1 aliphatic heterocycles. The van der Waals surface area contributed by atoms with Gasteiger partial charge in [0.1, 0.15) is 5.75 Å². The molecule has 0 aliphatic carbocycles. The van der Waals surface area contributed by atoms with Crippen LogP contribution >= 0.6 is 11.6 Å². The standard InChI is InChI=1S/C25H30ClN5O/c1-17-3-4-20(16-31-12-11-27-15-18(31)2)13-21(17)23-8-10-29-25(30-23)28-9-7-19-5-6-24(32)22(26)14-19/h3-6,8,10,13-14,18,27,32H,7,9,11-12,15-16H2,1-2H3,(H,28,29,30)/t18-/m0/s1. The van der Waals surface area contributed by atoms with Crippen LogP contribution in [0.2, 0.25) is 5.02 Å². The molecular formula is C25H30ClN5O. The van der Waals surface area contributed by atoms with Crippen molar-refractivity contribution in [3.8, 4) is 17.0 Å². The summed E-state index contributed by atoms with van der Waals surface area (Å²) in [4.78, 5) is 11.7. The van der Waals surface area contributed by atoms with E-state index in [4.69, 9.17) is 16.6 Å². The molecule has 1 fully saturated rings. The van der Waals surface area contributed by atoms with Gasteiger partial charge in [-0.05, 0) is 61.2 Å². The second-order valence-electron chi connectivity index (χ2n) is 8.40. The number of hydrogen-bond acceptors (Lipinski definition) is 6. The van der Waals surface area contributed by atoms with E-state index in [2.05, 4.69) is 52.6 Å². The molecule has 0 spiro atoms. The largest absolute Gasteiger partial charge is 0.506 e. The number of aromatic nitrogens is 2. The van der Waals surface area contributed by atoms with E-state index in [-0.39, 0.29) is 5.75 Å². The molecule has 0 radical (unpaired) electrons. The number of nitrogens with one attached hydrogen (secondary N) is 2. The van der Waals surface area contributed by atoms with Gasteiger partial charge in [-0.25, -0.2) is 9.97 Å². The number of halogens is 1. The van der Waals surface area contributed by atoms with E-state index in [1.807, 2.05) is 12.1 Å². The third-order valence-electron chi connectivity index (χ3n) is 5.97. The predicted molar refractivity (Wildman–Crippen MR) is 130 cm³/mol. The zero-order chi connectivity index (χ0) is 22.5. The first-order valence-electron chi connectivity index (χ1n) is 11.1. The molecule has 7 heteroatoms. The van der Waals surface area contributed by atoms with E-state index < -0.39 is 0 Å². The summed E-state index contributed by atoms with van der Waals surface area (Å²) in [6.07, 6.45) is 2.55. The van der Waals surface area contributed by atoms with Crippen molar-refractivity contribution in [2.24, 2.45) is 0 Å². The monoisotopic (exact) mass is 451 g/mol. The van der Waals surface area contributed by atoms with Crippen molar-refractivity contribution >= 4 is 17.5 Å². The summed E-state index contributed by atoms with van der Waals surface area (Å²) in [5.74, 6) is 0.705. The van der Waals surface area contributed by atoms with Crippen molar-refractivity contribution in [3.63, 3.8) is 0 Å². The van der Waals surface area contributed by atoms with Gasteiger partial charge in [-0.3, -0.25) is 4.90 Å². The summed E-state index contributed by atoms with van der Waals surface area (Å²) >= 11 is 5.99. The van der Waals surface area contributed by atoms with Crippen LogP contribution in [0.5, 0.6) is 5.75 Å². The summed E-state index contributed by atoms with van der Waals surface area (Å²) < 4.78 is 0. The molecule has 6 nitrogen and oxygen atoms in total. The van der Waals surface area contributed by atoms with E-state index in [0.717, 1.165) is 49.4 Å². The van der Waals surface area contributed by atoms with Gasteiger partial charge < -0.3 is 15.7 Å². The van der Waals surface area contributed by atoms with Gasteiger partial charge in [-0.1, -0.05) is 29.8 Å². The molecule has 0 amide bonds. The van der Waals surface area contributed by atoms with Crippen molar-refractivity contribution in [2.45, 2.75) is 32.9 Å². The number of anilines is 1. The van der Waals surface area contributed by atoms with Crippen molar-refractivity contribution in [1.29, 1.82) is 0 Å². The quantitative estimate of drug-likeness (QED) is 0.498. The minimum Gasteiger partial charge on any atom is -0.506 e. The molecule has 1 saturated heterocycles. The van der Waals surface area contributed by atoms with Gasteiger partial charge in [-0.2, -0.15) is 0 Å². The average molecular weight is 452 g/mol. The van der Waals surface area contributed by atoms with Crippen molar-refractivity contribution < 1.29 is 5.11 Å². The summed E-state index contributed by atoms with van der Waals surface area (Å²) in [6.45, 7) is 9.16. The molecule has 0 bridgehead atoms. The normalized spacial score (nSPS) is 16.8. The third-order valence-corrected chi connectivity index (χ3v) is 6.27. The highest BCUT2D eigenvalue weighted by molar-refractivity contribution is 6.32. The fourth-order valence-electron chi connectivity index (χ4n) is 4.01. The third kappa shape index (κ3) is 5.57. The number of piperazine rings is 1. The van der Waals surface area contributed by atoms with E-state index in [1.54, 1.807) is 18.3 Å². The lowest BCUT2D eigenvalue weighted by molar-refractivity contribution is 0.165. The van der Waals surface area contributed by atoms with Gasteiger partial charge in [0.05, 0.1) is 10.7 Å². The van der Waals surface area contributed by atoms with Gasteiger partial charge in [0.25, 0.3) is 0 Å². The molecule has 3 aromatic rings. The van der Waals surface area contributed by atoms with Crippen LogP contribution in [0.1, 0.15) is 23.6 Å². The number of benzene rings is 2. The molecule has 32 heavy (non-hydrogen) atoms. The van der Waals surface area contributed by atoms with Gasteiger partial charge in [0.2, 0.25) is 5.95 Å². The minimum absolute atomic E-state index is 0.100. The topological polar surface area (TPSA) is 73.3 Å². The number of phenolic OH excluding ortho intramolecular Hbond substituents is 1. The van der Waals surface area contributed by atoms with Crippen molar-refractivity contribution in [2.75, 3.05) is 31.5 Å². The Morgan fingerprint density at radius 3 is 2.84 bits per heavy atom. The SMILES string of the molecule is Cc1ccc(CN2CCNC[C@@H]2C)cc1-c1ccnc(NCCc2ccc(O)c(Cl)c2)n1. The summed E-state index contributed by atoms with van der Waals surface area (Å²) in [5, 5.41) is 16.7. The Hall–Kier alpha value is -2.67. The van der Waals surface area contributed by atoms with Crippen LogP contribution in [0, 0.1) is 6.92 Å². The van der Waals surface area contributed by atoms with E-state index in [1.165, 1.54) is 11.1 Å². The number of rotatable bonds is 7. The van der Waals surface area contributed by atoms with Crippen LogP contribution < -0.4 is 10.6 Å². The van der Waals surface area contributed by atoms with Crippen LogP contribution in [0.4, 0.5) is 5.95 Å². The Bertz CT molecular complexity index is 1070. The van der Waals surface area contributed by atoms with Crippen LogP contribution in [-0.4, -0.2) is 52.2 Å². The maximum Gasteiger partial charge on any atom is 0.223 e. The first-order valence-corrected chi connectivity index (χ1v) is 11.5. The molecular weight excluding hydrogens is 422 g/mol. The maximum absolute atomic E-state index is 9.56. The molecule has 4 rings (SSSR count). The van der Waals surface area contributed by atoms with E-state index >= 15 is 0 Å². The number of hydrogen-bond donors (Lipinski definition) is 3. The maximum atomic E-state index is 9.56. The van der Waals surface area contributed by atoms with Crippen LogP contribution in [0.15, 0.2) is 48.7 Å². The number of nitrogens with zero attached hydrogens (tertiary/aromatic N) is 3. The summed E-state index contributed by atoms with van der Waals surface area (Å²) in [5.41, 5.74) is 5.60. The number of aromatic hydroxyl groups is 1. The second kappa shape index (κ2) is 10.3. The Morgan fingerprint density at radius 1 is 1.19 bits per heavy atom. The van der Waals surface area contributed by atoms with Crippen LogP contribution in [0.25, 0.3) is 11.3 Å². The van der Waals surface area contributed by atoms with Gasteiger partial charge in [0.15, 0.2) is 0 Å². The average Bonchev–Trinajstić information content (AvgIpc) is 2.79. The molecule has 3 N–H and O–H groups in total. The second-order valence-corrected chi connectivity index (χ2v) is 8.81. The lowest BCUT2D eigenvalue weighted by atomic mass is 10.0. The summed E-state index contributed by atoms with van der Waals surface area (Å²) in [7, 11) is 0. The van der Waals surface area contributed by atoms with E-state index in [0.29, 0.717) is 23.6 Å². The van der Waals surface area contributed by atoms with Gasteiger partial charge in [0, 0.05) is 50.5 Å². The highest BCUT2D eigenvalue weighted by Gasteiger charge is 2.18. The molecule has 0 unspecified atom stereocenters. The molecule has 2 heterocycles. The highest BCUT2D eigenvalue weighted by atomic mass is 35.5. The van der Waals surface area contributed by atoms with Gasteiger partial charge >= 0.3 is 0 Å². The first-order chi connectivity index (χ1) is 15.5.